The Labute approximate surface area is 107 Å². The van der Waals surface area contributed by atoms with Crippen molar-refractivity contribution in [2.75, 3.05) is 6.54 Å². The van der Waals surface area contributed by atoms with Crippen LogP contribution >= 0.6 is 12.4 Å². The van der Waals surface area contributed by atoms with Crippen molar-refractivity contribution in [2.24, 2.45) is 11.7 Å². The van der Waals surface area contributed by atoms with Crippen molar-refractivity contribution in [3.63, 3.8) is 0 Å². The maximum absolute atomic E-state index is 11.9. The molecule has 7 heteroatoms. The second-order valence-electron chi connectivity index (χ2n) is 4.43. The quantitative estimate of drug-likeness (QED) is 0.846. The molecule has 0 aromatic carbocycles. The molecule has 0 bridgehead atoms. The lowest BCUT2D eigenvalue weighted by molar-refractivity contribution is 0.364. The SMILES string of the molecule is CC(CN)(NS(=O)(=O)c1ccco1)C1CC1.Cl. The van der Waals surface area contributed by atoms with Crippen molar-refractivity contribution < 1.29 is 12.8 Å². The van der Waals surface area contributed by atoms with Gasteiger partial charge in [-0.15, -0.1) is 12.4 Å². The highest BCUT2D eigenvalue weighted by molar-refractivity contribution is 7.89. The van der Waals surface area contributed by atoms with Crippen molar-refractivity contribution in [1.29, 1.82) is 0 Å². The third-order valence-corrected chi connectivity index (χ3v) is 4.53. The number of halogens is 1. The molecule has 5 nitrogen and oxygen atoms in total. The molecule has 1 aliphatic carbocycles. The summed E-state index contributed by atoms with van der Waals surface area (Å²) in [6, 6.07) is 2.97. The Hall–Kier alpha value is -0.560. The molecule has 1 fully saturated rings. The van der Waals surface area contributed by atoms with E-state index >= 15 is 0 Å². The highest BCUT2D eigenvalue weighted by Gasteiger charge is 2.43. The highest BCUT2D eigenvalue weighted by atomic mass is 35.5. The van der Waals surface area contributed by atoms with Gasteiger partial charge in [-0.3, -0.25) is 0 Å². The van der Waals surface area contributed by atoms with E-state index in [4.69, 9.17) is 10.2 Å². The van der Waals surface area contributed by atoms with E-state index in [2.05, 4.69) is 4.72 Å². The van der Waals surface area contributed by atoms with Crippen molar-refractivity contribution in [3.8, 4) is 0 Å². The van der Waals surface area contributed by atoms with Gasteiger partial charge in [0.05, 0.1) is 6.26 Å². The molecule has 1 unspecified atom stereocenters. The predicted octanol–water partition coefficient (Wildman–Crippen LogP) is 1.11. The first-order valence-electron chi connectivity index (χ1n) is 5.25. The molecule has 17 heavy (non-hydrogen) atoms. The number of hydrogen-bond donors (Lipinski definition) is 2. The summed E-state index contributed by atoms with van der Waals surface area (Å²) in [5.74, 6) is 0.335. The number of hydrogen-bond acceptors (Lipinski definition) is 4. The zero-order valence-corrected chi connectivity index (χ0v) is 11.2. The Morgan fingerprint density at radius 2 is 2.24 bits per heavy atom. The van der Waals surface area contributed by atoms with Gasteiger partial charge in [0.1, 0.15) is 0 Å². The molecule has 0 amide bonds. The van der Waals surface area contributed by atoms with E-state index < -0.39 is 15.6 Å². The minimum atomic E-state index is -3.59. The number of rotatable bonds is 5. The average molecular weight is 281 g/mol. The van der Waals surface area contributed by atoms with Crippen LogP contribution in [0.1, 0.15) is 19.8 Å². The van der Waals surface area contributed by atoms with Gasteiger partial charge in [0, 0.05) is 12.1 Å². The molecule has 1 heterocycles. The number of furan rings is 1. The van der Waals surface area contributed by atoms with E-state index in [0.717, 1.165) is 12.8 Å². The van der Waals surface area contributed by atoms with Crippen LogP contribution in [-0.2, 0) is 10.0 Å². The molecular formula is C10H17ClN2O3S. The average Bonchev–Trinajstić information content (AvgIpc) is 2.93. The normalized spacial score (nSPS) is 19.4. The molecule has 0 saturated heterocycles. The van der Waals surface area contributed by atoms with Crippen molar-refractivity contribution in [3.05, 3.63) is 18.4 Å². The van der Waals surface area contributed by atoms with Gasteiger partial charge in [-0.1, -0.05) is 0 Å². The smallest absolute Gasteiger partial charge is 0.274 e. The number of nitrogens with one attached hydrogen (secondary N) is 1. The number of sulfonamides is 1. The molecule has 0 radical (unpaired) electrons. The van der Waals surface area contributed by atoms with Crippen molar-refractivity contribution in [1.82, 2.24) is 4.72 Å². The monoisotopic (exact) mass is 280 g/mol. The van der Waals surface area contributed by atoms with Crippen LogP contribution in [0.15, 0.2) is 27.9 Å². The van der Waals surface area contributed by atoms with E-state index in [1.807, 2.05) is 6.92 Å². The van der Waals surface area contributed by atoms with Crippen molar-refractivity contribution >= 4 is 22.4 Å². The topological polar surface area (TPSA) is 85.3 Å². The summed E-state index contributed by atoms with van der Waals surface area (Å²) in [6.07, 6.45) is 3.38. The van der Waals surface area contributed by atoms with Crippen LogP contribution in [0.4, 0.5) is 0 Å². The summed E-state index contributed by atoms with van der Waals surface area (Å²) in [7, 11) is -3.59. The minimum absolute atomic E-state index is 0. The summed E-state index contributed by atoms with van der Waals surface area (Å²) in [6.45, 7) is 2.13. The fourth-order valence-corrected chi connectivity index (χ4v) is 3.19. The Bertz CT molecular complexity index is 456. The molecule has 1 aromatic rings. The second kappa shape index (κ2) is 4.97. The van der Waals surface area contributed by atoms with Crippen LogP contribution < -0.4 is 10.5 Å². The first kappa shape index (κ1) is 14.5. The molecule has 2 rings (SSSR count). The fourth-order valence-electron chi connectivity index (χ4n) is 1.79. The summed E-state index contributed by atoms with van der Waals surface area (Å²) in [4.78, 5) is 0. The van der Waals surface area contributed by atoms with Gasteiger partial charge in [0.15, 0.2) is 0 Å². The van der Waals surface area contributed by atoms with Gasteiger partial charge in [0.2, 0.25) is 5.09 Å². The third-order valence-electron chi connectivity index (χ3n) is 3.03. The minimum Gasteiger partial charge on any atom is -0.452 e. The lowest BCUT2D eigenvalue weighted by Crippen LogP contribution is -2.52. The summed E-state index contributed by atoms with van der Waals surface area (Å²) in [5.41, 5.74) is 5.09. The van der Waals surface area contributed by atoms with Gasteiger partial charge < -0.3 is 10.2 Å². The molecule has 98 valence electrons. The van der Waals surface area contributed by atoms with Crippen LogP contribution in [0.25, 0.3) is 0 Å². The van der Waals surface area contributed by atoms with Gasteiger partial charge in [-0.05, 0) is 37.8 Å². The Balaban J connectivity index is 0.00000144. The van der Waals surface area contributed by atoms with Crippen LogP contribution in [0, 0.1) is 5.92 Å². The van der Waals surface area contributed by atoms with Crippen molar-refractivity contribution in [2.45, 2.75) is 30.4 Å². The molecule has 0 spiro atoms. The van der Waals surface area contributed by atoms with Crippen LogP contribution in [0.2, 0.25) is 0 Å². The molecule has 0 aliphatic heterocycles. The van der Waals surface area contributed by atoms with Crippen LogP contribution in [0.5, 0.6) is 0 Å². The van der Waals surface area contributed by atoms with Gasteiger partial charge in [0.25, 0.3) is 10.0 Å². The molecule has 1 aliphatic rings. The third kappa shape index (κ3) is 3.01. The highest BCUT2D eigenvalue weighted by Crippen LogP contribution is 2.39. The largest absolute Gasteiger partial charge is 0.452 e. The molecular weight excluding hydrogens is 264 g/mol. The fraction of sp³-hybridized carbons (Fsp3) is 0.600. The zero-order valence-electron chi connectivity index (χ0n) is 9.55. The van der Waals surface area contributed by atoms with Gasteiger partial charge in [-0.2, -0.15) is 0 Å². The van der Waals surface area contributed by atoms with E-state index in [0.29, 0.717) is 5.92 Å². The maximum atomic E-state index is 11.9. The summed E-state index contributed by atoms with van der Waals surface area (Å²) >= 11 is 0. The van der Waals surface area contributed by atoms with Gasteiger partial charge in [-0.25, -0.2) is 13.1 Å². The molecule has 1 atom stereocenters. The Morgan fingerprint density at radius 1 is 1.59 bits per heavy atom. The first-order valence-corrected chi connectivity index (χ1v) is 6.74. The van der Waals surface area contributed by atoms with Crippen LogP contribution in [-0.4, -0.2) is 20.5 Å². The van der Waals surface area contributed by atoms with Crippen LogP contribution in [0.3, 0.4) is 0 Å². The van der Waals surface area contributed by atoms with Gasteiger partial charge >= 0.3 is 0 Å². The van der Waals surface area contributed by atoms with E-state index in [1.165, 1.54) is 12.3 Å². The summed E-state index contributed by atoms with van der Waals surface area (Å²) in [5, 5.41) is -0.0622. The first-order chi connectivity index (χ1) is 7.48. The van der Waals surface area contributed by atoms with E-state index in [1.54, 1.807) is 6.07 Å². The zero-order chi connectivity index (χ0) is 11.8. The van der Waals surface area contributed by atoms with E-state index in [-0.39, 0.29) is 24.0 Å². The standard InChI is InChI=1S/C10H16N2O3S.ClH/c1-10(7-11,8-4-5-8)12-16(13,14)9-3-2-6-15-9;/h2-3,6,8,12H,4-5,7,11H2,1H3;1H. The Kier molecular flexibility index (Phi) is 4.24. The Morgan fingerprint density at radius 3 is 2.65 bits per heavy atom. The maximum Gasteiger partial charge on any atom is 0.274 e. The lowest BCUT2D eigenvalue weighted by atomic mass is 9.98. The second-order valence-corrected chi connectivity index (χ2v) is 6.05. The summed E-state index contributed by atoms with van der Waals surface area (Å²) < 4.78 is 31.4. The lowest BCUT2D eigenvalue weighted by Gasteiger charge is -2.28. The number of nitrogens with two attached hydrogens (primary N) is 1. The molecule has 1 aromatic heterocycles. The predicted molar refractivity (Wildman–Crippen MR) is 66.5 cm³/mol. The van der Waals surface area contributed by atoms with E-state index in [9.17, 15) is 8.42 Å². The molecule has 3 N–H and O–H groups in total. The molecule has 1 saturated carbocycles.